The van der Waals surface area contributed by atoms with E-state index < -0.39 is 12.0 Å². The molecular weight excluding hydrogens is 490 g/mol. The molecule has 208 valence electrons. The fraction of sp³-hybridized carbons (Fsp3) is 0.643. The van der Waals surface area contributed by atoms with Gasteiger partial charge in [0.1, 0.15) is 29.8 Å². The number of halogens is 2. The topological polar surface area (TPSA) is 92.3 Å². The van der Waals surface area contributed by atoms with Gasteiger partial charge in [0.25, 0.3) is 5.92 Å². The second kappa shape index (κ2) is 13.7. The van der Waals surface area contributed by atoms with E-state index in [1.807, 2.05) is 4.90 Å². The molecule has 0 aliphatic carbocycles. The summed E-state index contributed by atoms with van der Waals surface area (Å²) in [7, 11) is 0. The summed E-state index contributed by atoms with van der Waals surface area (Å²) in [4.78, 5) is 27.7. The Kier molecular flexibility index (Phi) is 10.1. The van der Waals surface area contributed by atoms with Crippen molar-refractivity contribution < 1.29 is 18.3 Å². The number of aryl methyl sites for hydroxylation is 2. The molecule has 0 saturated carbocycles. The Labute approximate surface area is 224 Å². The van der Waals surface area contributed by atoms with Crippen molar-refractivity contribution in [2.45, 2.75) is 89.5 Å². The fourth-order valence-electron chi connectivity index (χ4n) is 5.03. The van der Waals surface area contributed by atoms with Crippen LogP contribution in [0.4, 0.5) is 26.2 Å². The van der Waals surface area contributed by atoms with Gasteiger partial charge >= 0.3 is 5.97 Å². The molecule has 0 aromatic carbocycles. The van der Waals surface area contributed by atoms with Gasteiger partial charge < -0.3 is 20.3 Å². The molecule has 0 bridgehead atoms. The Balaban J connectivity index is 1.20. The van der Waals surface area contributed by atoms with Crippen molar-refractivity contribution in [3.63, 3.8) is 0 Å². The van der Waals surface area contributed by atoms with Gasteiger partial charge in [0.2, 0.25) is 0 Å². The number of esters is 1. The zero-order valence-corrected chi connectivity index (χ0v) is 22.4. The van der Waals surface area contributed by atoms with Crippen molar-refractivity contribution in [3.8, 4) is 0 Å². The van der Waals surface area contributed by atoms with Gasteiger partial charge in [-0.3, -0.25) is 0 Å². The highest BCUT2D eigenvalue weighted by Crippen LogP contribution is 2.30. The summed E-state index contributed by atoms with van der Waals surface area (Å²) in [6.07, 6.45) is 10.1. The second-order valence-electron chi connectivity index (χ2n) is 10.2. The highest BCUT2D eigenvalue weighted by molar-refractivity contribution is 5.79. The summed E-state index contributed by atoms with van der Waals surface area (Å²) < 4.78 is 32.3. The monoisotopic (exact) mass is 530 g/mol. The summed E-state index contributed by atoms with van der Waals surface area (Å²) in [6.45, 7) is 3.58. The molecule has 1 fully saturated rings. The van der Waals surface area contributed by atoms with Crippen LogP contribution in [-0.2, 0) is 22.4 Å². The average molecular weight is 531 g/mol. The number of nitrogens with zero attached hydrogens (tertiary/aromatic N) is 4. The smallest absolute Gasteiger partial charge is 0.328 e. The molecule has 4 heterocycles. The number of fused-ring (bicyclic) bond motifs is 1. The molecule has 1 atom stereocenters. The van der Waals surface area contributed by atoms with E-state index in [2.05, 4.69) is 32.7 Å². The number of carbonyl (C=O) groups excluding carboxylic acids is 1. The number of alkyl halides is 2. The van der Waals surface area contributed by atoms with Gasteiger partial charge in [-0.1, -0.05) is 31.7 Å². The Bertz CT molecular complexity index is 1040. The first-order valence-corrected chi connectivity index (χ1v) is 14.0. The van der Waals surface area contributed by atoms with Gasteiger partial charge in [-0.25, -0.2) is 28.5 Å². The normalized spacial score (nSPS) is 17.3. The Morgan fingerprint density at radius 3 is 2.76 bits per heavy atom. The molecule has 38 heavy (non-hydrogen) atoms. The summed E-state index contributed by atoms with van der Waals surface area (Å²) in [5.41, 5.74) is 2.46. The first-order valence-electron chi connectivity index (χ1n) is 14.0. The molecule has 8 nitrogen and oxygen atoms in total. The number of carbonyl (C=O) groups is 1. The van der Waals surface area contributed by atoms with Crippen molar-refractivity contribution in [3.05, 3.63) is 35.8 Å². The first kappa shape index (κ1) is 28.0. The fourth-order valence-corrected chi connectivity index (χ4v) is 5.03. The van der Waals surface area contributed by atoms with Crippen LogP contribution in [0.1, 0.15) is 76.0 Å². The summed E-state index contributed by atoms with van der Waals surface area (Å²) >= 11 is 0. The van der Waals surface area contributed by atoms with Gasteiger partial charge in [-0.15, -0.1) is 0 Å². The summed E-state index contributed by atoms with van der Waals surface area (Å²) in [5, 5.41) is 6.59. The third-order valence-corrected chi connectivity index (χ3v) is 7.24. The number of rotatable bonds is 13. The van der Waals surface area contributed by atoms with Crippen molar-refractivity contribution in [1.29, 1.82) is 0 Å². The largest absolute Gasteiger partial charge is 0.464 e. The highest BCUT2D eigenvalue weighted by Gasteiger charge is 2.34. The van der Waals surface area contributed by atoms with Crippen LogP contribution in [0.25, 0.3) is 0 Å². The number of nitrogens with one attached hydrogen (secondary N) is 2. The molecule has 2 aromatic rings. The Morgan fingerprint density at radius 2 is 1.95 bits per heavy atom. The van der Waals surface area contributed by atoms with Gasteiger partial charge in [-0.05, 0) is 50.7 Å². The zero-order valence-electron chi connectivity index (χ0n) is 22.4. The molecule has 0 amide bonds. The maximum Gasteiger partial charge on any atom is 0.328 e. The number of hydrogen-bond donors (Lipinski definition) is 2. The third kappa shape index (κ3) is 8.23. The van der Waals surface area contributed by atoms with E-state index in [0.29, 0.717) is 24.7 Å². The number of ether oxygens (including phenoxy) is 1. The van der Waals surface area contributed by atoms with Crippen LogP contribution in [0.3, 0.4) is 0 Å². The number of aromatic nitrogens is 3. The zero-order chi connectivity index (χ0) is 26.8. The third-order valence-electron chi connectivity index (χ3n) is 7.24. The van der Waals surface area contributed by atoms with Crippen LogP contribution in [-0.4, -0.2) is 59.1 Å². The maximum atomic E-state index is 13.5. The highest BCUT2D eigenvalue weighted by atomic mass is 19.3. The van der Waals surface area contributed by atoms with Crippen molar-refractivity contribution in [1.82, 2.24) is 15.0 Å². The molecule has 0 unspecified atom stereocenters. The van der Waals surface area contributed by atoms with Crippen LogP contribution in [0.15, 0.2) is 24.5 Å². The number of pyridine rings is 1. The summed E-state index contributed by atoms with van der Waals surface area (Å²) in [5.74, 6) is -0.784. The van der Waals surface area contributed by atoms with Gasteiger partial charge in [0.15, 0.2) is 0 Å². The number of hydrogen-bond acceptors (Lipinski definition) is 8. The molecule has 0 radical (unpaired) electrons. The molecule has 1 saturated heterocycles. The SMILES string of the molecule is CCOC(=O)[C@H](CCCCCCCc1ccc2c(n1)NCCC2)Nc1cc(N2CCC(F)(F)CC2)ncn1. The van der Waals surface area contributed by atoms with Crippen molar-refractivity contribution in [2.75, 3.05) is 41.8 Å². The molecule has 4 rings (SSSR count). The van der Waals surface area contributed by atoms with E-state index in [-0.39, 0.29) is 31.9 Å². The lowest BCUT2D eigenvalue weighted by atomic mass is 10.0. The number of anilines is 3. The second-order valence-corrected chi connectivity index (χ2v) is 10.2. The van der Waals surface area contributed by atoms with Gasteiger partial charge in [0.05, 0.1) is 6.61 Å². The van der Waals surface area contributed by atoms with E-state index in [0.717, 1.165) is 63.0 Å². The van der Waals surface area contributed by atoms with E-state index in [1.54, 1.807) is 13.0 Å². The number of unbranched alkanes of at least 4 members (excludes halogenated alkanes) is 4. The van der Waals surface area contributed by atoms with Crippen molar-refractivity contribution in [2.24, 2.45) is 0 Å². The molecule has 2 aliphatic rings. The van der Waals surface area contributed by atoms with E-state index in [9.17, 15) is 13.6 Å². The van der Waals surface area contributed by atoms with Crippen LogP contribution in [0.2, 0.25) is 0 Å². The van der Waals surface area contributed by atoms with Crippen LogP contribution >= 0.6 is 0 Å². The lowest BCUT2D eigenvalue weighted by molar-refractivity contribution is -0.144. The minimum Gasteiger partial charge on any atom is -0.464 e. The predicted octanol–water partition coefficient (Wildman–Crippen LogP) is 5.39. The Morgan fingerprint density at radius 1 is 1.16 bits per heavy atom. The van der Waals surface area contributed by atoms with E-state index in [4.69, 9.17) is 9.72 Å². The number of piperidine rings is 1. The standard InChI is InChI=1S/C28H40F2N6O2/c1-2-38-27(37)23(35-24-19-25(33-20-32-24)36-17-14-28(29,30)15-18-36)11-7-5-3-4-6-10-22-13-12-21-9-8-16-31-26(21)34-22/h12-13,19-20,23H,2-11,14-18H2,1H3,(H,31,34)(H,32,33,35)/t23-/m0/s1. The quantitative estimate of drug-likeness (QED) is 0.263. The first-order chi connectivity index (χ1) is 18.4. The molecule has 10 heteroatoms. The molecular formula is C28H40F2N6O2. The maximum absolute atomic E-state index is 13.5. The van der Waals surface area contributed by atoms with Gasteiger partial charge in [0, 0.05) is 44.2 Å². The van der Waals surface area contributed by atoms with Crippen molar-refractivity contribution >= 4 is 23.4 Å². The molecule has 2 aliphatic heterocycles. The minimum absolute atomic E-state index is 0.188. The lowest BCUT2D eigenvalue weighted by Gasteiger charge is -2.32. The van der Waals surface area contributed by atoms with E-state index >= 15 is 0 Å². The lowest BCUT2D eigenvalue weighted by Crippen LogP contribution is -2.39. The molecule has 2 aromatic heterocycles. The van der Waals surface area contributed by atoms with E-state index in [1.165, 1.54) is 18.3 Å². The van der Waals surface area contributed by atoms with Gasteiger partial charge in [-0.2, -0.15) is 0 Å². The average Bonchev–Trinajstić information content (AvgIpc) is 2.92. The predicted molar refractivity (Wildman–Crippen MR) is 145 cm³/mol. The Hall–Kier alpha value is -3.04. The van der Waals surface area contributed by atoms with Crippen LogP contribution in [0.5, 0.6) is 0 Å². The minimum atomic E-state index is -2.62. The molecule has 2 N–H and O–H groups in total. The van der Waals surface area contributed by atoms with Crippen LogP contribution < -0.4 is 15.5 Å². The van der Waals surface area contributed by atoms with Crippen LogP contribution in [0, 0.1) is 0 Å². The molecule has 0 spiro atoms. The summed E-state index contributed by atoms with van der Waals surface area (Å²) in [6, 6.07) is 5.56.